The van der Waals surface area contributed by atoms with Gasteiger partial charge in [0.25, 0.3) is 0 Å². The van der Waals surface area contributed by atoms with E-state index in [1.165, 1.54) is 23.4 Å². The second-order valence-corrected chi connectivity index (χ2v) is 3.19. The summed E-state index contributed by atoms with van der Waals surface area (Å²) in [5.41, 5.74) is 6.01. The summed E-state index contributed by atoms with van der Waals surface area (Å²) in [5.74, 6) is 1.07. The van der Waals surface area contributed by atoms with Gasteiger partial charge in [-0.25, -0.2) is 15.0 Å². The molecule has 0 saturated heterocycles. The Bertz CT molecular complexity index is 542. The Morgan fingerprint density at radius 2 is 2.12 bits per heavy atom. The second kappa shape index (κ2) is 5.34. The summed E-state index contributed by atoms with van der Waals surface area (Å²) in [5, 5.41) is 12.7. The van der Waals surface area contributed by atoms with E-state index in [9.17, 15) is 0 Å². The monoisotopic (exact) mass is 251 g/mol. The minimum absolute atomic E-state index is 0. The molecule has 0 spiro atoms. The van der Waals surface area contributed by atoms with Crippen LogP contribution in [0.4, 0.5) is 0 Å². The van der Waals surface area contributed by atoms with Gasteiger partial charge in [0.1, 0.15) is 24.4 Å². The van der Waals surface area contributed by atoms with Gasteiger partial charge in [-0.05, 0) is 6.92 Å². The molecule has 0 unspecified atom stereocenters. The lowest BCUT2D eigenvalue weighted by Crippen LogP contribution is -2.14. The zero-order valence-corrected chi connectivity index (χ0v) is 9.79. The SMILES string of the molecule is C[C@H](N)c1ncnn1-c1cc(C#N)ncn1.Cl. The van der Waals surface area contributed by atoms with E-state index >= 15 is 0 Å². The first kappa shape index (κ1) is 13.0. The highest BCUT2D eigenvalue weighted by atomic mass is 35.5. The molecule has 88 valence electrons. The molecule has 0 radical (unpaired) electrons. The topological polar surface area (TPSA) is 106 Å². The average molecular weight is 252 g/mol. The third-order valence-corrected chi connectivity index (χ3v) is 1.97. The molecule has 2 aromatic rings. The quantitative estimate of drug-likeness (QED) is 0.826. The Morgan fingerprint density at radius 3 is 2.76 bits per heavy atom. The van der Waals surface area contributed by atoms with Crippen LogP contribution in [0.2, 0.25) is 0 Å². The molecular weight excluding hydrogens is 242 g/mol. The lowest BCUT2D eigenvalue weighted by molar-refractivity contribution is 0.679. The van der Waals surface area contributed by atoms with Crippen molar-refractivity contribution in [1.29, 1.82) is 5.26 Å². The van der Waals surface area contributed by atoms with Crippen LogP contribution in [0, 0.1) is 11.3 Å². The normalized spacial score (nSPS) is 11.4. The Kier molecular flexibility index (Phi) is 4.09. The van der Waals surface area contributed by atoms with E-state index in [0.717, 1.165) is 0 Å². The second-order valence-electron chi connectivity index (χ2n) is 3.19. The Morgan fingerprint density at radius 1 is 1.35 bits per heavy atom. The van der Waals surface area contributed by atoms with E-state index < -0.39 is 0 Å². The van der Waals surface area contributed by atoms with Crippen molar-refractivity contribution in [2.75, 3.05) is 0 Å². The van der Waals surface area contributed by atoms with Gasteiger partial charge in [0.05, 0.1) is 6.04 Å². The van der Waals surface area contributed by atoms with Crippen molar-refractivity contribution >= 4 is 12.4 Å². The summed E-state index contributed by atoms with van der Waals surface area (Å²) in [6.07, 6.45) is 2.70. The number of nitrogens with zero attached hydrogens (tertiary/aromatic N) is 6. The van der Waals surface area contributed by atoms with Crippen LogP contribution in [-0.4, -0.2) is 24.7 Å². The van der Waals surface area contributed by atoms with Gasteiger partial charge in [-0.3, -0.25) is 0 Å². The zero-order valence-electron chi connectivity index (χ0n) is 8.98. The number of aromatic nitrogens is 5. The number of nitriles is 1. The molecule has 0 aliphatic heterocycles. The lowest BCUT2D eigenvalue weighted by Gasteiger charge is -2.06. The Hall–Kier alpha value is -2.04. The number of hydrogen-bond acceptors (Lipinski definition) is 6. The van der Waals surface area contributed by atoms with Crippen molar-refractivity contribution in [3.8, 4) is 11.9 Å². The standard InChI is InChI=1S/C9H9N7.ClH/c1-6(11)9-14-5-15-16(9)8-2-7(3-10)12-4-13-8;/h2,4-6H,11H2,1H3;1H/t6-;/m0./s1. The highest BCUT2D eigenvalue weighted by molar-refractivity contribution is 5.85. The van der Waals surface area contributed by atoms with Crippen molar-refractivity contribution in [1.82, 2.24) is 24.7 Å². The molecule has 0 aliphatic rings. The van der Waals surface area contributed by atoms with Gasteiger partial charge in [0.2, 0.25) is 0 Å². The summed E-state index contributed by atoms with van der Waals surface area (Å²) < 4.78 is 1.49. The maximum Gasteiger partial charge on any atom is 0.160 e. The van der Waals surface area contributed by atoms with Crippen LogP contribution < -0.4 is 5.73 Å². The van der Waals surface area contributed by atoms with E-state index in [2.05, 4.69) is 20.1 Å². The van der Waals surface area contributed by atoms with Gasteiger partial charge in [-0.15, -0.1) is 12.4 Å². The molecule has 7 nitrogen and oxygen atoms in total. The summed E-state index contributed by atoms with van der Waals surface area (Å²) in [6, 6.07) is 3.20. The Labute approximate surface area is 104 Å². The van der Waals surface area contributed by atoms with Crippen LogP contribution in [0.3, 0.4) is 0 Å². The fourth-order valence-corrected chi connectivity index (χ4v) is 1.26. The van der Waals surface area contributed by atoms with Gasteiger partial charge < -0.3 is 5.73 Å². The molecule has 0 amide bonds. The number of halogens is 1. The number of hydrogen-bond donors (Lipinski definition) is 1. The molecule has 0 saturated carbocycles. The molecule has 8 heteroatoms. The molecule has 0 bridgehead atoms. The lowest BCUT2D eigenvalue weighted by atomic mass is 10.3. The average Bonchev–Trinajstić information content (AvgIpc) is 2.78. The molecule has 1 atom stereocenters. The van der Waals surface area contributed by atoms with E-state index in [-0.39, 0.29) is 24.1 Å². The van der Waals surface area contributed by atoms with Crippen LogP contribution in [0.15, 0.2) is 18.7 Å². The van der Waals surface area contributed by atoms with E-state index in [0.29, 0.717) is 11.6 Å². The van der Waals surface area contributed by atoms with Crippen LogP contribution in [0.25, 0.3) is 5.82 Å². The first-order valence-corrected chi connectivity index (χ1v) is 4.60. The predicted octanol–water partition coefficient (Wildman–Crippen LogP) is 0.370. The van der Waals surface area contributed by atoms with Gasteiger partial charge in [0.15, 0.2) is 11.6 Å². The van der Waals surface area contributed by atoms with Crippen molar-refractivity contribution in [3.63, 3.8) is 0 Å². The molecule has 2 rings (SSSR count). The molecule has 0 aromatic carbocycles. The smallest absolute Gasteiger partial charge is 0.160 e. The highest BCUT2D eigenvalue weighted by Crippen LogP contribution is 2.10. The summed E-state index contributed by atoms with van der Waals surface area (Å²) in [6.45, 7) is 1.80. The molecule has 2 heterocycles. The van der Waals surface area contributed by atoms with Crippen LogP contribution in [0.5, 0.6) is 0 Å². The summed E-state index contributed by atoms with van der Waals surface area (Å²) in [7, 11) is 0. The van der Waals surface area contributed by atoms with E-state index in [1.54, 1.807) is 6.92 Å². The molecule has 17 heavy (non-hydrogen) atoms. The fourth-order valence-electron chi connectivity index (χ4n) is 1.26. The minimum atomic E-state index is -0.261. The third kappa shape index (κ3) is 2.55. The molecule has 2 aromatic heterocycles. The van der Waals surface area contributed by atoms with Crippen LogP contribution in [0.1, 0.15) is 24.5 Å². The van der Waals surface area contributed by atoms with Gasteiger partial charge >= 0.3 is 0 Å². The van der Waals surface area contributed by atoms with Gasteiger partial charge in [0, 0.05) is 6.07 Å². The van der Waals surface area contributed by atoms with E-state index in [1.807, 2.05) is 6.07 Å². The van der Waals surface area contributed by atoms with Crippen LogP contribution in [-0.2, 0) is 0 Å². The molecular formula is C9H10ClN7. The molecule has 0 aliphatic carbocycles. The maximum absolute atomic E-state index is 8.73. The highest BCUT2D eigenvalue weighted by Gasteiger charge is 2.11. The van der Waals surface area contributed by atoms with Gasteiger partial charge in [-0.1, -0.05) is 0 Å². The first-order valence-electron chi connectivity index (χ1n) is 4.60. The first-order chi connectivity index (χ1) is 7.72. The van der Waals surface area contributed by atoms with E-state index in [4.69, 9.17) is 11.0 Å². The molecule has 0 fully saturated rings. The Balaban J connectivity index is 0.00000144. The largest absolute Gasteiger partial charge is 0.322 e. The third-order valence-electron chi connectivity index (χ3n) is 1.97. The maximum atomic E-state index is 8.73. The zero-order chi connectivity index (χ0) is 11.5. The molecule has 2 N–H and O–H groups in total. The van der Waals surface area contributed by atoms with Crippen molar-refractivity contribution in [2.45, 2.75) is 13.0 Å². The minimum Gasteiger partial charge on any atom is -0.322 e. The van der Waals surface area contributed by atoms with Crippen molar-refractivity contribution in [2.24, 2.45) is 5.73 Å². The van der Waals surface area contributed by atoms with Crippen molar-refractivity contribution in [3.05, 3.63) is 30.2 Å². The van der Waals surface area contributed by atoms with Crippen molar-refractivity contribution < 1.29 is 0 Å². The van der Waals surface area contributed by atoms with Crippen LogP contribution >= 0.6 is 12.4 Å². The summed E-state index contributed by atoms with van der Waals surface area (Å²) in [4.78, 5) is 11.8. The predicted molar refractivity (Wildman–Crippen MR) is 61.5 cm³/mol. The summed E-state index contributed by atoms with van der Waals surface area (Å²) >= 11 is 0. The number of rotatable bonds is 2. The number of nitrogens with two attached hydrogens (primary N) is 1. The fraction of sp³-hybridized carbons (Fsp3) is 0.222. The van der Waals surface area contributed by atoms with Gasteiger partial charge in [-0.2, -0.15) is 15.0 Å².